The smallest absolute Gasteiger partial charge is 0.169 e. The maximum atomic E-state index is 11.5. The summed E-state index contributed by atoms with van der Waals surface area (Å²) in [6.07, 6.45) is 2.64. The maximum Gasteiger partial charge on any atom is 0.169 e. The molecule has 0 aromatic carbocycles. The first-order chi connectivity index (χ1) is 11.7. The number of carbonyl (C=O) groups excluding carboxylic acids is 1. The largest absolute Gasteiger partial charge is 0.296 e. The highest BCUT2D eigenvalue weighted by Crippen LogP contribution is 2.30. The van der Waals surface area contributed by atoms with E-state index in [0.717, 1.165) is 30.4 Å². The van der Waals surface area contributed by atoms with Crippen LogP contribution in [0.3, 0.4) is 0 Å². The van der Waals surface area contributed by atoms with E-state index in [1.165, 1.54) is 37.2 Å². The minimum atomic E-state index is 0.179. The molecule has 2 atom stereocenters. The first-order valence-corrected chi connectivity index (χ1v) is 10.4. The maximum absolute atomic E-state index is 11.5. The van der Waals surface area contributed by atoms with E-state index in [0.29, 0.717) is 6.04 Å². The van der Waals surface area contributed by atoms with Crippen LogP contribution < -0.4 is 0 Å². The number of hydrogen-bond acceptors (Lipinski definition) is 6. The Labute approximate surface area is 151 Å². The molecule has 0 radical (unpaired) electrons. The third-order valence-electron chi connectivity index (χ3n) is 5.16. The van der Waals surface area contributed by atoms with Crippen molar-refractivity contribution in [1.29, 1.82) is 0 Å². The van der Waals surface area contributed by atoms with Gasteiger partial charge < -0.3 is 0 Å². The highest BCUT2D eigenvalue weighted by Gasteiger charge is 2.34. The van der Waals surface area contributed by atoms with Crippen LogP contribution in [-0.2, 0) is 13.1 Å². The zero-order valence-corrected chi connectivity index (χ0v) is 15.6. The van der Waals surface area contributed by atoms with Crippen molar-refractivity contribution in [3.8, 4) is 0 Å². The monoisotopic (exact) mass is 361 g/mol. The molecule has 0 aliphatic carbocycles. The average molecular weight is 362 g/mol. The molecule has 24 heavy (non-hydrogen) atoms. The average Bonchev–Trinajstić information content (AvgIpc) is 3.15. The standard InChI is InChI=1S/C18H23N3OS2/c1-13(22)18-4-15(10-24-18)7-21-6-14-2-3-17(21)9-20(5-14)8-16-11-23-12-19-16/h4,10-12,14,17H,2-3,5-9H2,1H3/t14-,17+/m0/s1. The summed E-state index contributed by atoms with van der Waals surface area (Å²) in [5, 5.41) is 4.32. The van der Waals surface area contributed by atoms with Crippen LogP contribution in [0.5, 0.6) is 0 Å². The molecule has 2 aromatic rings. The van der Waals surface area contributed by atoms with Crippen LogP contribution in [-0.4, -0.2) is 46.2 Å². The van der Waals surface area contributed by atoms with E-state index in [4.69, 9.17) is 0 Å². The Bertz CT molecular complexity index is 697. The molecule has 128 valence electrons. The molecular formula is C18H23N3OS2. The van der Waals surface area contributed by atoms with E-state index in [1.54, 1.807) is 29.6 Å². The zero-order chi connectivity index (χ0) is 16.5. The summed E-state index contributed by atoms with van der Waals surface area (Å²) in [4.78, 5) is 22.1. The van der Waals surface area contributed by atoms with E-state index in [1.807, 2.05) is 5.51 Å². The lowest BCUT2D eigenvalue weighted by Crippen LogP contribution is -2.43. The molecule has 6 heteroatoms. The number of hydrogen-bond donors (Lipinski definition) is 0. The summed E-state index contributed by atoms with van der Waals surface area (Å²) >= 11 is 3.26. The summed E-state index contributed by atoms with van der Waals surface area (Å²) in [7, 11) is 0. The number of piperidine rings is 1. The lowest BCUT2D eigenvalue weighted by atomic mass is 9.94. The van der Waals surface area contributed by atoms with Gasteiger partial charge in [-0.25, -0.2) is 4.98 Å². The highest BCUT2D eigenvalue weighted by atomic mass is 32.1. The number of ketones is 1. The van der Waals surface area contributed by atoms with Crippen molar-refractivity contribution in [1.82, 2.24) is 14.8 Å². The number of nitrogens with zero attached hydrogens (tertiary/aromatic N) is 3. The van der Waals surface area contributed by atoms with Crippen molar-refractivity contribution < 1.29 is 4.79 Å². The van der Waals surface area contributed by atoms with Crippen molar-refractivity contribution in [2.45, 2.75) is 38.9 Å². The number of carbonyl (C=O) groups is 1. The lowest BCUT2D eigenvalue weighted by Gasteiger charge is -2.36. The Morgan fingerprint density at radius 2 is 2.17 bits per heavy atom. The van der Waals surface area contributed by atoms with Gasteiger partial charge in [0, 0.05) is 44.1 Å². The van der Waals surface area contributed by atoms with Crippen LogP contribution in [0, 0.1) is 5.92 Å². The van der Waals surface area contributed by atoms with Gasteiger partial charge in [0.2, 0.25) is 0 Å². The second kappa shape index (κ2) is 7.04. The van der Waals surface area contributed by atoms with E-state index in [2.05, 4.69) is 31.6 Å². The SMILES string of the molecule is CC(=O)c1cc(CN2C[C@H]3CC[C@@H]2CN(Cc2cscn2)C3)cs1. The number of Topliss-reactive ketones (excluding diaryl/α,β-unsaturated/α-hetero) is 1. The molecule has 3 aliphatic rings. The van der Waals surface area contributed by atoms with Crippen molar-refractivity contribution >= 4 is 28.5 Å². The molecular weight excluding hydrogens is 338 g/mol. The fourth-order valence-electron chi connectivity index (χ4n) is 4.02. The number of aromatic nitrogens is 1. The predicted octanol–water partition coefficient (Wildman–Crippen LogP) is 3.50. The molecule has 3 aliphatic heterocycles. The molecule has 0 unspecified atom stereocenters. The Kier molecular flexibility index (Phi) is 4.81. The minimum Gasteiger partial charge on any atom is -0.296 e. The van der Waals surface area contributed by atoms with Gasteiger partial charge in [0.05, 0.1) is 16.1 Å². The fraction of sp³-hybridized carbons (Fsp3) is 0.556. The number of thiazole rings is 1. The van der Waals surface area contributed by atoms with Gasteiger partial charge >= 0.3 is 0 Å². The van der Waals surface area contributed by atoms with Crippen LogP contribution >= 0.6 is 22.7 Å². The lowest BCUT2D eigenvalue weighted by molar-refractivity contribution is 0.102. The zero-order valence-electron chi connectivity index (χ0n) is 14.0. The first kappa shape index (κ1) is 16.4. The number of fused-ring (bicyclic) bond motifs is 4. The molecule has 0 saturated carbocycles. The quantitative estimate of drug-likeness (QED) is 0.764. The van der Waals surface area contributed by atoms with Gasteiger partial charge in [0.1, 0.15) is 0 Å². The van der Waals surface area contributed by atoms with Crippen molar-refractivity contribution in [2.75, 3.05) is 19.6 Å². The Balaban J connectivity index is 1.43. The summed E-state index contributed by atoms with van der Waals surface area (Å²) in [5.41, 5.74) is 4.43. The number of rotatable bonds is 5. The van der Waals surface area contributed by atoms with Gasteiger partial charge in [0.15, 0.2) is 5.78 Å². The molecule has 5 heterocycles. The van der Waals surface area contributed by atoms with Crippen LogP contribution in [0.1, 0.15) is 40.7 Å². The van der Waals surface area contributed by atoms with E-state index >= 15 is 0 Å². The second-order valence-electron chi connectivity index (χ2n) is 7.08. The summed E-state index contributed by atoms with van der Waals surface area (Å²) in [5.74, 6) is 0.936. The topological polar surface area (TPSA) is 36.4 Å². The van der Waals surface area contributed by atoms with E-state index < -0.39 is 0 Å². The van der Waals surface area contributed by atoms with Crippen LogP contribution in [0.15, 0.2) is 22.3 Å². The van der Waals surface area contributed by atoms with E-state index in [9.17, 15) is 4.79 Å². The summed E-state index contributed by atoms with van der Waals surface area (Å²) in [6.45, 7) is 7.13. The van der Waals surface area contributed by atoms with Crippen molar-refractivity contribution in [2.24, 2.45) is 5.92 Å². The Morgan fingerprint density at radius 3 is 2.92 bits per heavy atom. The molecule has 3 saturated heterocycles. The van der Waals surface area contributed by atoms with Crippen LogP contribution in [0.25, 0.3) is 0 Å². The Morgan fingerprint density at radius 1 is 1.25 bits per heavy atom. The molecule has 0 N–H and O–H groups in total. The molecule has 2 bridgehead atoms. The molecule has 3 fully saturated rings. The predicted molar refractivity (Wildman–Crippen MR) is 98.6 cm³/mol. The summed E-state index contributed by atoms with van der Waals surface area (Å²) < 4.78 is 0. The van der Waals surface area contributed by atoms with Gasteiger partial charge in [-0.05, 0) is 42.7 Å². The van der Waals surface area contributed by atoms with Gasteiger partial charge in [-0.3, -0.25) is 14.6 Å². The first-order valence-electron chi connectivity index (χ1n) is 8.59. The van der Waals surface area contributed by atoms with Gasteiger partial charge in [-0.15, -0.1) is 22.7 Å². The third-order valence-corrected chi connectivity index (χ3v) is 6.87. The van der Waals surface area contributed by atoms with Gasteiger partial charge in [0.25, 0.3) is 0 Å². The fourth-order valence-corrected chi connectivity index (χ4v) is 5.38. The minimum absolute atomic E-state index is 0.179. The van der Waals surface area contributed by atoms with Gasteiger partial charge in [-0.2, -0.15) is 0 Å². The van der Waals surface area contributed by atoms with Crippen molar-refractivity contribution in [3.05, 3.63) is 38.5 Å². The molecule has 0 spiro atoms. The van der Waals surface area contributed by atoms with Crippen LogP contribution in [0.2, 0.25) is 0 Å². The molecule has 4 nitrogen and oxygen atoms in total. The normalized spacial score (nSPS) is 25.0. The van der Waals surface area contributed by atoms with E-state index in [-0.39, 0.29) is 5.78 Å². The Hall–Kier alpha value is -1.08. The summed E-state index contributed by atoms with van der Waals surface area (Å²) in [6, 6.07) is 2.71. The highest BCUT2D eigenvalue weighted by molar-refractivity contribution is 7.12. The third kappa shape index (κ3) is 3.61. The van der Waals surface area contributed by atoms with Gasteiger partial charge in [-0.1, -0.05) is 0 Å². The molecule has 5 rings (SSSR count). The second-order valence-corrected chi connectivity index (χ2v) is 8.71. The van der Waals surface area contributed by atoms with Crippen LogP contribution in [0.4, 0.5) is 0 Å². The number of thiophene rings is 1. The molecule has 2 aromatic heterocycles. The molecule has 0 amide bonds. The van der Waals surface area contributed by atoms with Crippen molar-refractivity contribution in [3.63, 3.8) is 0 Å².